The Labute approximate surface area is 209 Å². The van der Waals surface area contributed by atoms with E-state index in [4.69, 9.17) is 4.74 Å². The van der Waals surface area contributed by atoms with Gasteiger partial charge in [0.1, 0.15) is 11.6 Å². The number of methoxy groups -OCH3 is 1. The van der Waals surface area contributed by atoms with Crippen molar-refractivity contribution in [3.63, 3.8) is 0 Å². The monoisotopic (exact) mass is 504 g/mol. The number of ether oxygens (including phenoxy) is 1. The molecule has 0 unspecified atom stereocenters. The number of aromatic nitrogens is 1. The molecule has 1 fully saturated rings. The van der Waals surface area contributed by atoms with Gasteiger partial charge in [0, 0.05) is 5.56 Å². The predicted molar refractivity (Wildman–Crippen MR) is 135 cm³/mol. The molecule has 3 aromatic carbocycles. The molecular formula is C27H21FN2O5S. The summed E-state index contributed by atoms with van der Waals surface area (Å²) in [6.45, 7) is 2.04. The maximum Gasteiger partial charge on any atom is 0.301 e. The lowest BCUT2D eigenvalue weighted by Gasteiger charge is -2.23. The first-order valence-electron chi connectivity index (χ1n) is 11.2. The summed E-state index contributed by atoms with van der Waals surface area (Å²) in [4.78, 5) is 32.5. The van der Waals surface area contributed by atoms with Crippen molar-refractivity contribution in [3.05, 3.63) is 88.7 Å². The quantitative estimate of drug-likeness (QED) is 0.216. The number of Topliss-reactive ketones (excluding diaryl/α,β-unsaturated/α-hetero) is 1. The number of aliphatic hydroxyl groups excluding tert-OH is 1. The molecule has 7 nitrogen and oxygen atoms in total. The number of hydrogen-bond acceptors (Lipinski definition) is 7. The van der Waals surface area contributed by atoms with Crippen molar-refractivity contribution in [2.75, 3.05) is 12.0 Å². The third-order valence-corrected chi connectivity index (χ3v) is 7.15. The molecule has 0 bridgehead atoms. The second-order valence-electron chi connectivity index (χ2n) is 8.26. The van der Waals surface area contributed by atoms with Crippen molar-refractivity contribution in [2.45, 2.75) is 19.4 Å². The average molecular weight is 505 g/mol. The van der Waals surface area contributed by atoms with E-state index >= 15 is 0 Å². The van der Waals surface area contributed by atoms with Gasteiger partial charge in [-0.15, -0.1) is 0 Å². The number of nitrogens with zero attached hydrogens (tertiary/aromatic N) is 2. The molecule has 0 spiro atoms. The first-order valence-corrected chi connectivity index (χ1v) is 12.0. The van der Waals surface area contributed by atoms with Gasteiger partial charge in [-0.2, -0.15) is 0 Å². The van der Waals surface area contributed by atoms with Gasteiger partial charge in [0.15, 0.2) is 16.6 Å². The number of aromatic hydroxyl groups is 1. The highest BCUT2D eigenvalue weighted by Gasteiger charge is 2.48. The van der Waals surface area contributed by atoms with E-state index < -0.39 is 29.3 Å². The van der Waals surface area contributed by atoms with Crippen molar-refractivity contribution in [1.29, 1.82) is 0 Å². The fourth-order valence-corrected chi connectivity index (χ4v) is 5.31. The maximum absolute atomic E-state index is 13.5. The normalized spacial score (nSPS) is 17.2. The number of phenols is 1. The molecule has 2 N–H and O–H groups in total. The van der Waals surface area contributed by atoms with Gasteiger partial charge in [-0.3, -0.25) is 14.5 Å². The van der Waals surface area contributed by atoms with Gasteiger partial charge in [0.25, 0.3) is 5.78 Å². The SMILES string of the molecule is CCc1ccc2nc(N3C(=O)C(=O)/C(=C(/O)c4ccc(F)cc4)[C@H]3c3ccc(O)c(OC)c3)sc2c1. The molecule has 36 heavy (non-hydrogen) atoms. The van der Waals surface area contributed by atoms with Gasteiger partial charge >= 0.3 is 5.91 Å². The van der Waals surface area contributed by atoms with Gasteiger partial charge in [-0.05, 0) is 66.1 Å². The summed E-state index contributed by atoms with van der Waals surface area (Å²) in [5.41, 5.74) is 2.21. The Kier molecular flexibility index (Phi) is 5.93. The molecule has 0 saturated carbocycles. The predicted octanol–water partition coefficient (Wildman–Crippen LogP) is 5.34. The summed E-state index contributed by atoms with van der Waals surface area (Å²) in [5, 5.41) is 21.5. The first-order chi connectivity index (χ1) is 17.3. The number of aryl methyl sites for hydroxylation is 1. The number of benzene rings is 3. The van der Waals surface area contributed by atoms with Crippen LogP contribution in [0, 0.1) is 5.82 Å². The number of halogens is 1. The van der Waals surface area contributed by atoms with Crippen molar-refractivity contribution < 1.29 is 28.9 Å². The number of ketones is 1. The number of fused-ring (bicyclic) bond motifs is 1. The number of carbonyl (C=O) groups is 2. The fourth-order valence-electron chi connectivity index (χ4n) is 4.25. The lowest BCUT2D eigenvalue weighted by Crippen LogP contribution is -2.29. The molecule has 5 rings (SSSR count). The van der Waals surface area contributed by atoms with Gasteiger partial charge in [-0.1, -0.05) is 30.4 Å². The van der Waals surface area contributed by atoms with E-state index in [1.54, 1.807) is 6.07 Å². The number of carbonyl (C=O) groups excluding carboxylic acids is 2. The standard InChI is InChI=1S/C27H21FN2O5S/c1-3-14-4-10-18-21(12-14)36-27(29-18)30-23(16-7-11-19(31)20(13-16)35-2)22(25(33)26(30)34)24(32)15-5-8-17(28)9-6-15/h4-13,23,31-32H,3H2,1-2H3/b24-22+/t23-/m1/s1. The van der Waals surface area contributed by atoms with E-state index in [2.05, 4.69) is 4.98 Å². The highest BCUT2D eigenvalue weighted by Crippen LogP contribution is 2.45. The highest BCUT2D eigenvalue weighted by atomic mass is 32.1. The minimum absolute atomic E-state index is 0.121. The molecule has 1 atom stereocenters. The molecule has 4 aromatic rings. The number of hydrogen-bond donors (Lipinski definition) is 2. The van der Waals surface area contributed by atoms with E-state index in [9.17, 15) is 24.2 Å². The van der Waals surface area contributed by atoms with Crippen LogP contribution < -0.4 is 9.64 Å². The first kappa shape index (κ1) is 23.5. The number of anilines is 1. The van der Waals surface area contributed by atoms with Crippen LogP contribution in [0.15, 0.2) is 66.2 Å². The highest BCUT2D eigenvalue weighted by molar-refractivity contribution is 7.22. The summed E-state index contributed by atoms with van der Waals surface area (Å²) < 4.78 is 19.6. The Bertz CT molecular complexity index is 1540. The molecule has 1 amide bonds. The molecule has 1 saturated heterocycles. The summed E-state index contributed by atoms with van der Waals surface area (Å²) in [5.74, 6) is -2.69. The Morgan fingerprint density at radius 1 is 1.11 bits per heavy atom. The minimum Gasteiger partial charge on any atom is -0.507 e. The van der Waals surface area contributed by atoms with Crippen molar-refractivity contribution in [1.82, 2.24) is 4.98 Å². The molecule has 0 aliphatic carbocycles. The van der Waals surface area contributed by atoms with Gasteiger partial charge in [0.05, 0.1) is 28.9 Å². The summed E-state index contributed by atoms with van der Waals surface area (Å²) in [6, 6.07) is 14.1. The molecule has 0 radical (unpaired) electrons. The van der Waals surface area contributed by atoms with E-state index in [0.717, 1.165) is 28.8 Å². The smallest absolute Gasteiger partial charge is 0.301 e. The number of aliphatic hydroxyl groups is 1. The van der Waals surface area contributed by atoms with Crippen LogP contribution in [-0.4, -0.2) is 34.0 Å². The Morgan fingerprint density at radius 3 is 2.56 bits per heavy atom. The van der Waals surface area contributed by atoms with Crippen molar-refractivity contribution in [3.8, 4) is 11.5 Å². The molecular weight excluding hydrogens is 483 g/mol. The van der Waals surface area contributed by atoms with Crippen LogP contribution in [0.4, 0.5) is 9.52 Å². The lowest BCUT2D eigenvalue weighted by atomic mass is 9.95. The average Bonchev–Trinajstić information content (AvgIpc) is 3.42. The Balaban J connectivity index is 1.74. The van der Waals surface area contributed by atoms with Gasteiger partial charge in [-0.25, -0.2) is 9.37 Å². The number of amides is 1. The van der Waals surface area contributed by atoms with E-state index in [1.807, 2.05) is 25.1 Å². The van der Waals surface area contributed by atoms with Crippen LogP contribution in [0.1, 0.15) is 29.7 Å². The van der Waals surface area contributed by atoms with Gasteiger partial charge < -0.3 is 14.9 Å². The zero-order valence-corrected chi connectivity index (χ0v) is 20.2. The summed E-state index contributed by atoms with van der Waals surface area (Å²) in [7, 11) is 1.38. The fraction of sp³-hybridized carbons (Fsp3) is 0.148. The van der Waals surface area contributed by atoms with Crippen LogP contribution in [0.2, 0.25) is 0 Å². The number of thiazole rings is 1. The second-order valence-corrected chi connectivity index (χ2v) is 9.27. The van der Waals surface area contributed by atoms with Crippen molar-refractivity contribution in [2.24, 2.45) is 0 Å². The third-order valence-electron chi connectivity index (χ3n) is 6.14. The van der Waals surface area contributed by atoms with Crippen molar-refractivity contribution >= 4 is 44.1 Å². The summed E-state index contributed by atoms with van der Waals surface area (Å²) in [6.07, 6.45) is 0.832. The van der Waals surface area contributed by atoms with Crippen LogP contribution >= 0.6 is 11.3 Å². The molecule has 1 aliphatic rings. The minimum atomic E-state index is -1.06. The molecule has 2 heterocycles. The number of phenolic OH excluding ortho intramolecular Hbond substituents is 1. The van der Waals surface area contributed by atoms with E-state index in [0.29, 0.717) is 11.1 Å². The maximum atomic E-state index is 13.5. The van der Waals surface area contributed by atoms with E-state index in [1.165, 1.54) is 47.6 Å². The van der Waals surface area contributed by atoms with Gasteiger partial charge in [0.2, 0.25) is 0 Å². The Morgan fingerprint density at radius 2 is 1.86 bits per heavy atom. The van der Waals surface area contributed by atoms with Crippen LogP contribution in [0.5, 0.6) is 11.5 Å². The van der Waals surface area contributed by atoms with E-state index in [-0.39, 0.29) is 27.8 Å². The Hall–Kier alpha value is -4.24. The van der Waals surface area contributed by atoms with Crippen LogP contribution in [0.25, 0.3) is 16.0 Å². The van der Waals surface area contributed by atoms with Crippen LogP contribution in [-0.2, 0) is 16.0 Å². The summed E-state index contributed by atoms with van der Waals surface area (Å²) >= 11 is 1.26. The molecule has 1 aliphatic heterocycles. The topological polar surface area (TPSA) is 100.0 Å². The third kappa shape index (κ3) is 3.87. The zero-order chi connectivity index (χ0) is 25.6. The largest absolute Gasteiger partial charge is 0.507 e. The zero-order valence-electron chi connectivity index (χ0n) is 19.4. The molecule has 9 heteroatoms. The number of rotatable bonds is 5. The molecule has 182 valence electrons. The van der Waals surface area contributed by atoms with Crippen LogP contribution in [0.3, 0.4) is 0 Å². The lowest BCUT2D eigenvalue weighted by molar-refractivity contribution is -0.132. The second kappa shape index (κ2) is 9.09. The molecule has 1 aromatic heterocycles.